The van der Waals surface area contributed by atoms with E-state index in [0.29, 0.717) is 5.41 Å². The number of amides is 1. The lowest BCUT2D eigenvalue weighted by Gasteiger charge is -2.58. The molecule has 1 amide bonds. The fourth-order valence-corrected chi connectivity index (χ4v) is 12.5. The normalized spacial score (nSPS) is 28.7. The first-order valence-electron chi connectivity index (χ1n) is 22.7. The number of alkyl carbamates (subject to hydrolysis) is 1. The summed E-state index contributed by atoms with van der Waals surface area (Å²) in [4.78, 5) is 13.3. The molecule has 7 nitrogen and oxygen atoms in total. The number of rotatable bonds is 16. The molecule has 7 heteroatoms. The third-order valence-electron chi connectivity index (χ3n) is 15.7. The van der Waals surface area contributed by atoms with Crippen LogP contribution in [0, 0.1) is 46.3 Å². The molecule has 320 valence electrons. The Morgan fingerprint density at radius 3 is 2.08 bits per heavy atom. The molecule has 59 heavy (non-hydrogen) atoms. The van der Waals surface area contributed by atoms with Gasteiger partial charge in [-0.1, -0.05) is 120 Å². The van der Waals surface area contributed by atoms with Crippen molar-refractivity contribution in [1.82, 2.24) is 5.32 Å². The second-order valence-electron chi connectivity index (χ2n) is 19.4. The van der Waals surface area contributed by atoms with E-state index in [4.69, 9.17) is 18.9 Å². The maximum atomic E-state index is 13.3. The van der Waals surface area contributed by atoms with E-state index in [-0.39, 0.29) is 24.7 Å². The van der Waals surface area contributed by atoms with Gasteiger partial charge in [0.15, 0.2) is 0 Å². The van der Waals surface area contributed by atoms with Gasteiger partial charge in [-0.15, -0.1) is 0 Å². The molecule has 0 saturated heterocycles. The number of methoxy groups -OCH3 is 2. The molecule has 5 unspecified atom stereocenters. The highest BCUT2D eigenvalue weighted by molar-refractivity contribution is 5.67. The molecule has 4 aliphatic carbocycles. The molecule has 3 aromatic carbocycles. The number of aliphatic hydroxyl groups is 1. The lowest BCUT2D eigenvalue weighted by atomic mass is 9.47. The molecule has 0 aliphatic heterocycles. The molecule has 2 N–H and O–H groups in total. The van der Waals surface area contributed by atoms with Crippen LogP contribution in [0.4, 0.5) is 4.79 Å². The van der Waals surface area contributed by atoms with Gasteiger partial charge in [-0.2, -0.15) is 0 Å². The number of nitrogens with one attached hydrogen (secondary N) is 1. The van der Waals surface area contributed by atoms with Crippen molar-refractivity contribution >= 4 is 6.09 Å². The minimum absolute atomic E-state index is 0.00328. The fourth-order valence-electron chi connectivity index (χ4n) is 12.5. The van der Waals surface area contributed by atoms with Crippen LogP contribution in [-0.2, 0) is 15.1 Å². The minimum Gasteiger partial charge on any atom is -0.497 e. The van der Waals surface area contributed by atoms with Crippen LogP contribution in [0.5, 0.6) is 11.5 Å². The van der Waals surface area contributed by atoms with Crippen LogP contribution in [0.15, 0.2) is 90.5 Å². The molecule has 0 spiro atoms. The summed E-state index contributed by atoms with van der Waals surface area (Å²) in [6.45, 7) is 12.4. The van der Waals surface area contributed by atoms with Crippen LogP contribution in [0.3, 0.4) is 0 Å². The molecule has 9 atom stereocenters. The largest absolute Gasteiger partial charge is 0.497 e. The van der Waals surface area contributed by atoms with Crippen molar-refractivity contribution in [2.45, 2.75) is 123 Å². The summed E-state index contributed by atoms with van der Waals surface area (Å²) in [5, 5.41) is 14.2. The molecule has 3 saturated carbocycles. The van der Waals surface area contributed by atoms with E-state index in [1.807, 2.05) is 78.9 Å². The second kappa shape index (κ2) is 18.4. The lowest BCUT2D eigenvalue weighted by molar-refractivity contribution is -0.0584. The van der Waals surface area contributed by atoms with E-state index in [0.717, 1.165) is 83.0 Å². The number of carbonyl (C=O) groups is 1. The Morgan fingerprint density at radius 2 is 1.46 bits per heavy atom. The third-order valence-corrected chi connectivity index (χ3v) is 15.7. The molecular formula is C52H71NO6. The van der Waals surface area contributed by atoms with Gasteiger partial charge < -0.3 is 29.4 Å². The zero-order chi connectivity index (χ0) is 41.8. The van der Waals surface area contributed by atoms with E-state index in [1.54, 1.807) is 14.2 Å². The standard InChI is InChI=1S/C52H71NO6/c1-35(2)12-11-13-36(3)46-26-27-47-45-25-20-40-32-44(28-30-50(40,4)48(45)29-31-51(46,47)5)59-49(55)53-33-41(54)34-58-52(37-14-9-8-10-15-37,38-16-21-42(56-6)22-17-38)39-18-23-43(57-7)24-19-39/h8-10,14-24,35-36,41,44-48,54H,11-13,25-34H2,1-7H3,(H,53,55)/t36-,41?,44?,45?,46-,47?,48?,50+,51-/m1/s1. The summed E-state index contributed by atoms with van der Waals surface area (Å²) in [5.74, 6) is 6.27. The summed E-state index contributed by atoms with van der Waals surface area (Å²) in [5.41, 5.74) is 3.75. The van der Waals surface area contributed by atoms with Crippen LogP contribution in [-0.4, -0.2) is 50.8 Å². The van der Waals surface area contributed by atoms with Gasteiger partial charge in [0.25, 0.3) is 0 Å². The molecule has 0 radical (unpaired) electrons. The number of carbonyl (C=O) groups excluding carboxylic acids is 1. The topological polar surface area (TPSA) is 86.2 Å². The number of fused-ring (bicyclic) bond motifs is 5. The molecule has 0 aromatic heterocycles. The summed E-state index contributed by atoms with van der Waals surface area (Å²) in [6.07, 6.45) is 14.4. The number of ether oxygens (including phenoxy) is 4. The van der Waals surface area contributed by atoms with E-state index in [1.165, 1.54) is 56.9 Å². The number of allylic oxidation sites excluding steroid dienone is 1. The average Bonchev–Trinajstić information content (AvgIpc) is 3.61. The van der Waals surface area contributed by atoms with Crippen LogP contribution < -0.4 is 14.8 Å². The maximum Gasteiger partial charge on any atom is 0.407 e. The molecular weight excluding hydrogens is 735 g/mol. The molecule has 0 heterocycles. The molecule has 3 aromatic rings. The summed E-state index contributed by atoms with van der Waals surface area (Å²) in [7, 11) is 3.29. The highest BCUT2D eigenvalue weighted by Gasteiger charge is 2.59. The summed E-state index contributed by atoms with van der Waals surface area (Å²) >= 11 is 0. The predicted octanol–water partition coefficient (Wildman–Crippen LogP) is 11.5. The van der Waals surface area contributed by atoms with Crippen molar-refractivity contribution < 1.29 is 28.8 Å². The Balaban J connectivity index is 0.965. The quantitative estimate of drug-likeness (QED) is 0.111. The minimum atomic E-state index is -1.06. The molecule has 7 rings (SSSR count). The van der Waals surface area contributed by atoms with Crippen LogP contribution in [0.25, 0.3) is 0 Å². The molecule has 4 aliphatic rings. The SMILES string of the molecule is COc1ccc(C(OCC(O)CNC(=O)OC2CC[C@@]3(C)C(=CCC4C3CC[C@@]3(C)C4CC[C@@H]3[C@H](C)CCCC(C)C)C2)(c2ccccc2)c2ccc(OC)cc2)cc1. The first kappa shape index (κ1) is 43.3. The van der Waals surface area contributed by atoms with Crippen molar-refractivity contribution in [1.29, 1.82) is 0 Å². The van der Waals surface area contributed by atoms with Gasteiger partial charge in [-0.3, -0.25) is 0 Å². The van der Waals surface area contributed by atoms with Crippen molar-refractivity contribution in [3.63, 3.8) is 0 Å². The molecule has 0 bridgehead atoms. The third kappa shape index (κ3) is 8.84. The molecule has 3 fully saturated rings. The van der Waals surface area contributed by atoms with Crippen LogP contribution >= 0.6 is 0 Å². The van der Waals surface area contributed by atoms with Gasteiger partial charge in [-0.25, -0.2) is 4.79 Å². The van der Waals surface area contributed by atoms with Crippen molar-refractivity contribution in [2.75, 3.05) is 27.4 Å². The number of hydrogen-bond acceptors (Lipinski definition) is 6. The van der Waals surface area contributed by atoms with Gasteiger partial charge in [0.2, 0.25) is 0 Å². The van der Waals surface area contributed by atoms with Gasteiger partial charge in [-0.05, 0) is 132 Å². The highest BCUT2D eigenvalue weighted by atomic mass is 16.6. The zero-order valence-electron chi connectivity index (χ0n) is 36.9. The van der Waals surface area contributed by atoms with Gasteiger partial charge >= 0.3 is 6.09 Å². The Morgan fingerprint density at radius 1 is 0.814 bits per heavy atom. The lowest BCUT2D eigenvalue weighted by Crippen LogP contribution is -2.51. The van der Waals surface area contributed by atoms with Crippen molar-refractivity contribution in [3.8, 4) is 11.5 Å². The number of hydrogen-bond donors (Lipinski definition) is 2. The first-order chi connectivity index (χ1) is 28.4. The van der Waals surface area contributed by atoms with Gasteiger partial charge in [0.1, 0.15) is 23.2 Å². The Bertz CT molecular complexity index is 1810. The first-order valence-corrected chi connectivity index (χ1v) is 22.7. The Hall–Kier alpha value is -3.81. The van der Waals surface area contributed by atoms with Crippen molar-refractivity contribution in [2.24, 2.45) is 46.3 Å². The van der Waals surface area contributed by atoms with Crippen LogP contribution in [0.2, 0.25) is 0 Å². The van der Waals surface area contributed by atoms with Gasteiger partial charge in [0.05, 0.1) is 26.9 Å². The summed E-state index contributed by atoms with van der Waals surface area (Å²) < 4.78 is 23.9. The van der Waals surface area contributed by atoms with Crippen LogP contribution in [0.1, 0.15) is 122 Å². The summed E-state index contributed by atoms with van der Waals surface area (Å²) in [6, 6.07) is 25.6. The maximum absolute atomic E-state index is 13.3. The predicted molar refractivity (Wildman–Crippen MR) is 236 cm³/mol. The monoisotopic (exact) mass is 806 g/mol. The van der Waals surface area contributed by atoms with E-state index in [2.05, 4.69) is 46.0 Å². The second-order valence-corrected chi connectivity index (χ2v) is 19.4. The Kier molecular flexibility index (Phi) is 13.5. The highest BCUT2D eigenvalue weighted by Crippen LogP contribution is 2.67. The van der Waals surface area contributed by atoms with E-state index >= 15 is 0 Å². The zero-order valence-corrected chi connectivity index (χ0v) is 36.9. The van der Waals surface area contributed by atoms with E-state index < -0.39 is 17.8 Å². The van der Waals surface area contributed by atoms with Crippen molar-refractivity contribution in [3.05, 3.63) is 107 Å². The Labute approximate surface area is 354 Å². The average molecular weight is 806 g/mol. The van der Waals surface area contributed by atoms with Gasteiger partial charge in [0, 0.05) is 13.0 Å². The number of aliphatic hydroxyl groups excluding tert-OH is 1. The number of benzene rings is 3. The fraction of sp³-hybridized carbons (Fsp3) is 0.596. The smallest absolute Gasteiger partial charge is 0.407 e. The van der Waals surface area contributed by atoms with E-state index in [9.17, 15) is 9.90 Å².